The van der Waals surface area contributed by atoms with Crippen molar-refractivity contribution in [1.29, 1.82) is 0 Å². The van der Waals surface area contributed by atoms with E-state index in [1.165, 1.54) is 36.5 Å². The van der Waals surface area contributed by atoms with Crippen LogP contribution in [0.25, 0.3) is 0 Å². The van der Waals surface area contributed by atoms with Crippen molar-refractivity contribution in [1.82, 2.24) is 19.4 Å². The molecule has 0 radical (unpaired) electrons. The van der Waals surface area contributed by atoms with Gasteiger partial charge in [0.25, 0.3) is 0 Å². The highest BCUT2D eigenvalue weighted by Crippen LogP contribution is 2.29. The van der Waals surface area contributed by atoms with Crippen LogP contribution >= 0.6 is 0 Å². The van der Waals surface area contributed by atoms with Crippen LogP contribution in [0.5, 0.6) is 5.75 Å². The molecule has 192 valence electrons. The van der Waals surface area contributed by atoms with Crippen LogP contribution in [0, 0.1) is 12.7 Å². The Kier molecular flexibility index (Phi) is 7.40. The minimum atomic E-state index is -4.07. The number of hydrogen-bond acceptors (Lipinski definition) is 9. The Balaban J connectivity index is 1.55. The van der Waals surface area contributed by atoms with Crippen LogP contribution in [-0.4, -0.2) is 51.5 Å². The number of phenolic OH excluding ortho intramolecular Hbond substituents is 1. The van der Waals surface area contributed by atoms with E-state index in [0.29, 0.717) is 29.9 Å². The molecule has 2 aromatic carbocycles. The fourth-order valence-corrected chi connectivity index (χ4v) is 5.80. The second-order valence-corrected chi connectivity index (χ2v) is 11.6. The molecule has 3 aromatic rings. The molecule has 5 N–H and O–H groups in total. The Bertz CT molecular complexity index is 1500. The molecule has 0 unspecified atom stereocenters. The third-order valence-corrected chi connectivity index (χ3v) is 8.32. The van der Waals surface area contributed by atoms with Crippen LogP contribution in [0.15, 0.2) is 52.4 Å². The van der Waals surface area contributed by atoms with Gasteiger partial charge in [0.1, 0.15) is 22.3 Å². The van der Waals surface area contributed by atoms with Crippen molar-refractivity contribution in [2.45, 2.75) is 29.6 Å². The molecule has 0 spiro atoms. The molecule has 0 saturated heterocycles. The van der Waals surface area contributed by atoms with Gasteiger partial charge in [-0.15, -0.1) is 0 Å². The van der Waals surface area contributed by atoms with Gasteiger partial charge >= 0.3 is 0 Å². The first kappa shape index (κ1) is 25.8. The highest BCUT2D eigenvalue weighted by Gasteiger charge is 2.20. The average Bonchev–Trinajstić information content (AvgIpc) is 2.82. The van der Waals surface area contributed by atoms with E-state index in [1.807, 2.05) is 0 Å². The topological polar surface area (TPSA) is 162 Å². The Morgan fingerprint density at radius 3 is 2.78 bits per heavy atom. The van der Waals surface area contributed by atoms with Gasteiger partial charge in [0.15, 0.2) is 0 Å². The molecule has 4 rings (SSSR count). The largest absolute Gasteiger partial charge is 0.506 e. The Labute approximate surface area is 208 Å². The maximum absolute atomic E-state index is 14.1. The molecule has 4 bridgehead atoms. The summed E-state index contributed by atoms with van der Waals surface area (Å²) >= 11 is 0. The number of halogens is 1. The number of benzene rings is 2. The zero-order valence-electron chi connectivity index (χ0n) is 19.2. The van der Waals surface area contributed by atoms with E-state index in [-0.39, 0.29) is 41.8 Å². The lowest BCUT2D eigenvalue weighted by atomic mass is 10.2. The lowest BCUT2D eigenvalue weighted by Gasteiger charge is -2.14. The molecule has 36 heavy (non-hydrogen) atoms. The van der Waals surface area contributed by atoms with Crippen LogP contribution in [0.1, 0.15) is 17.5 Å². The van der Waals surface area contributed by atoms with Gasteiger partial charge in [-0.25, -0.2) is 35.7 Å². The molecule has 0 amide bonds. The number of anilines is 3. The number of phenols is 1. The third-order valence-electron chi connectivity index (χ3n) is 5.39. The number of nitrogens with zero attached hydrogens (tertiary/aromatic N) is 2. The molecule has 0 aliphatic carbocycles. The highest BCUT2D eigenvalue weighted by atomic mass is 32.2. The summed E-state index contributed by atoms with van der Waals surface area (Å²) in [6.45, 7) is 2.16. The maximum atomic E-state index is 14.1. The number of fused-ring (bicyclic) bond motifs is 4. The fourth-order valence-electron chi connectivity index (χ4n) is 3.51. The number of aromatic hydroxyl groups is 1. The lowest BCUT2D eigenvalue weighted by Crippen LogP contribution is -2.27. The molecule has 0 fully saturated rings. The minimum absolute atomic E-state index is 0.0239. The molecule has 14 heteroatoms. The minimum Gasteiger partial charge on any atom is -0.506 e. The van der Waals surface area contributed by atoms with Crippen LogP contribution in [-0.2, 0) is 26.5 Å². The number of hydrogen-bond donors (Lipinski definition) is 5. The zero-order valence-corrected chi connectivity index (χ0v) is 20.9. The summed E-state index contributed by atoms with van der Waals surface area (Å²) in [7, 11) is -7.85. The van der Waals surface area contributed by atoms with Crippen molar-refractivity contribution in [3.05, 3.63) is 59.5 Å². The van der Waals surface area contributed by atoms with E-state index in [2.05, 4.69) is 30.0 Å². The summed E-state index contributed by atoms with van der Waals surface area (Å²) in [5.41, 5.74) is 1.30. The van der Waals surface area contributed by atoms with Gasteiger partial charge in [0, 0.05) is 31.4 Å². The van der Waals surface area contributed by atoms with Crippen molar-refractivity contribution >= 4 is 37.5 Å². The first-order valence-corrected chi connectivity index (χ1v) is 14.0. The number of nitrogens with one attached hydrogen (secondary N) is 4. The lowest BCUT2D eigenvalue weighted by molar-refractivity contribution is 0.477. The molecule has 2 heterocycles. The third kappa shape index (κ3) is 5.90. The zero-order chi connectivity index (χ0) is 25.9. The van der Waals surface area contributed by atoms with Gasteiger partial charge in [-0.1, -0.05) is 6.07 Å². The average molecular weight is 537 g/mol. The summed E-state index contributed by atoms with van der Waals surface area (Å²) < 4.78 is 69.2. The van der Waals surface area contributed by atoms with Crippen molar-refractivity contribution < 1.29 is 26.3 Å². The number of rotatable bonds is 5. The van der Waals surface area contributed by atoms with Gasteiger partial charge < -0.3 is 15.7 Å². The van der Waals surface area contributed by atoms with Gasteiger partial charge in [-0.05, 0) is 55.7 Å². The van der Waals surface area contributed by atoms with E-state index in [0.717, 1.165) is 6.07 Å². The van der Waals surface area contributed by atoms with E-state index >= 15 is 0 Å². The number of sulfonamides is 2. The van der Waals surface area contributed by atoms with Crippen LogP contribution in [0.2, 0.25) is 0 Å². The van der Waals surface area contributed by atoms with E-state index < -0.39 is 30.8 Å². The van der Waals surface area contributed by atoms with Gasteiger partial charge in [0.05, 0.1) is 10.6 Å². The van der Waals surface area contributed by atoms with Gasteiger partial charge in [0.2, 0.25) is 26.0 Å². The van der Waals surface area contributed by atoms with Crippen molar-refractivity contribution in [3.8, 4) is 5.75 Å². The van der Waals surface area contributed by atoms with Crippen LogP contribution in [0.3, 0.4) is 0 Å². The molecule has 1 aromatic heterocycles. The Morgan fingerprint density at radius 2 is 1.97 bits per heavy atom. The Hall–Kier alpha value is -3.33. The normalized spacial score (nSPS) is 15.5. The van der Waals surface area contributed by atoms with Crippen molar-refractivity contribution in [2.75, 3.05) is 30.3 Å². The molecule has 1 aliphatic rings. The fraction of sp³-hybridized carbons (Fsp3) is 0.273. The second-order valence-electron chi connectivity index (χ2n) is 8.13. The maximum Gasteiger partial charge on any atom is 0.243 e. The standard InChI is InChI=1S/C22H25FN6O5S2/c1-14-3-5-17(23)20(11-14)36(33,34)27-10-7-15-13-25-22-28-18-12-16(4-6-19(18)30)35(31,32)26-9-2-8-24-21(15)29-22/h3-6,11-13,26-27,30H,2,7-10H2,1H3,(H2,24,25,28,29). The first-order chi connectivity index (χ1) is 17.0. The van der Waals surface area contributed by atoms with Crippen molar-refractivity contribution in [2.24, 2.45) is 0 Å². The molecular weight excluding hydrogens is 511 g/mol. The van der Waals surface area contributed by atoms with Gasteiger partial charge in [-0.3, -0.25) is 0 Å². The predicted molar refractivity (Wildman–Crippen MR) is 132 cm³/mol. The summed E-state index contributed by atoms with van der Waals surface area (Å²) in [6.07, 6.45) is 2.13. The SMILES string of the molecule is Cc1ccc(F)c(S(=O)(=O)NCCc2cnc3nc2NCCCNS(=O)(=O)c2ccc(O)c(c2)N3)c1. The Morgan fingerprint density at radius 1 is 1.17 bits per heavy atom. The van der Waals surface area contributed by atoms with Crippen LogP contribution in [0.4, 0.5) is 21.8 Å². The molecule has 0 atom stereocenters. The van der Waals surface area contributed by atoms with E-state index in [9.17, 15) is 26.3 Å². The summed E-state index contributed by atoms with van der Waals surface area (Å²) in [5.74, 6) is -0.523. The highest BCUT2D eigenvalue weighted by molar-refractivity contribution is 7.89. The monoisotopic (exact) mass is 536 g/mol. The molecule has 1 aliphatic heterocycles. The summed E-state index contributed by atoms with van der Waals surface area (Å²) in [6, 6.07) is 7.68. The smallest absolute Gasteiger partial charge is 0.243 e. The number of aromatic nitrogens is 2. The van der Waals surface area contributed by atoms with E-state index in [1.54, 1.807) is 6.92 Å². The predicted octanol–water partition coefficient (Wildman–Crippen LogP) is 1.99. The first-order valence-electron chi connectivity index (χ1n) is 11.0. The van der Waals surface area contributed by atoms with Gasteiger partial charge in [-0.2, -0.15) is 4.98 Å². The quantitative estimate of drug-likeness (QED) is 0.307. The second kappa shape index (κ2) is 10.3. The molecule has 11 nitrogen and oxygen atoms in total. The van der Waals surface area contributed by atoms with Crippen molar-refractivity contribution in [3.63, 3.8) is 0 Å². The summed E-state index contributed by atoms with van der Waals surface area (Å²) in [5, 5.41) is 16.1. The number of aryl methyl sites for hydroxylation is 1. The molecule has 0 saturated carbocycles. The molecular formula is C22H25FN6O5S2. The van der Waals surface area contributed by atoms with E-state index in [4.69, 9.17) is 0 Å². The summed E-state index contributed by atoms with van der Waals surface area (Å²) in [4.78, 5) is 8.18. The van der Waals surface area contributed by atoms with Crippen LogP contribution < -0.4 is 20.1 Å².